The lowest BCUT2D eigenvalue weighted by molar-refractivity contribution is 0.0735. The lowest BCUT2D eigenvalue weighted by Gasteiger charge is -2.06. The minimum atomic E-state index is -0.459. The van der Waals surface area contributed by atoms with Crippen molar-refractivity contribution in [1.82, 2.24) is 0 Å². The van der Waals surface area contributed by atoms with Gasteiger partial charge < -0.3 is 9.15 Å². The molecule has 1 heterocycles. The normalized spacial score (nSPS) is 11.5. The van der Waals surface area contributed by atoms with Crippen molar-refractivity contribution in [3.05, 3.63) is 124 Å². The van der Waals surface area contributed by atoms with E-state index in [4.69, 9.17) is 37.3 Å². The van der Waals surface area contributed by atoms with E-state index in [1.807, 2.05) is 48.5 Å². The summed E-state index contributed by atoms with van der Waals surface area (Å²) in [7, 11) is 0. The van der Waals surface area contributed by atoms with Gasteiger partial charge in [-0.15, -0.1) is 0 Å². The van der Waals surface area contributed by atoms with E-state index in [0.29, 0.717) is 43.7 Å². The van der Waals surface area contributed by atoms with E-state index in [1.165, 1.54) is 0 Å². The minimum absolute atomic E-state index is 0.417. The van der Waals surface area contributed by atoms with Gasteiger partial charge in [-0.25, -0.2) is 9.79 Å². The highest BCUT2D eigenvalue weighted by molar-refractivity contribution is 6.31. The number of ether oxygens (including phenoxy) is 1. The van der Waals surface area contributed by atoms with Gasteiger partial charge in [0, 0.05) is 27.1 Å². The predicted octanol–water partition coefficient (Wildman–Crippen LogP) is 7.86. The van der Waals surface area contributed by atoms with E-state index in [1.54, 1.807) is 54.6 Å². The fourth-order valence-corrected chi connectivity index (χ4v) is 3.76. The Bertz CT molecular complexity index is 1540. The van der Waals surface area contributed by atoms with Crippen LogP contribution in [0, 0.1) is 0 Å². The maximum absolute atomic E-state index is 12.3. The van der Waals surface area contributed by atoms with Gasteiger partial charge in [0.2, 0.25) is 0 Å². The molecular formula is C28H17Cl2NO3. The molecule has 0 bridgehead atoms. The van der Waals surface area contributed by atoms with Crippen LogP contribution in [0.3, 0.4) is 0 Å². The van der Waals surface area contributed by atoms with Crippen molar-refractivity contribution >= 4 is 45.8 Å². The Balaban J connectivity index is 1.49. The van der Waals surface area contributed by atoms with Gasteiger partial charge in [-0.1, -0.05) is 53.5 Å². The molecule has 166 valence electrons. The fourth-order valence-electron chi connectivity index (χ4n) is 3.46. The second-order valence-electron chi connectivity index (χ2n) is 7.50. The number of rotatable bonds is 4. The smallest absolute Gasteiger partial charge is 0.343 e. The number of hydrogen-bond donors (Lipinski definition) is 0. The Hall–Kier alpha value is -3.86. The van der Waals surface area contributed by atoms with Crippen molar-refractivity contribution in [2.24, 2.45) is 4.99 Å². The van der Waals surface area contributed by atoms with E-state index < -0.39 is 5.97 Å². The van der Waals surface area contributed by atoms with Gasteiger partial charge in [0.1, 0.15) is 17.1 Å². The molecule has 0 unspecified atom stereocenters. The molecule has 0 amide bonds. The summed E-state index contributed by atoms with van der Waals surface area (Å²) in [5, 5.41) is 2.66. The topological polar surface area (TPSA) is 51.8 Å². The molecular weight excluding hydrogens is 469 g/mol. The van der Waals surface area contributed by atoms with E-state index in [0.717, 1.165) is 10.9 Å². The lowest BCUT2D eigenvalue weighted by atomic mass is 10.1. The summed E-state index contributed by atoms with van der Waals surface area (Å²) in [6.45, 7) is 0. The summed E-state index contributed by atoms with van der Waals surface area (Å²) in [4.78, 5) is 17.2. The predicted molar refractivity (Wildman–Crippen MR) is 135 cm³/mol. The standard InChI is InChI=1S/C28H17Cl2NO3/c29-20-8-6-19(7-9-20)28(32)33-23-13-11-22(12-14-23)31-25-17-27(18-4-2-1-3-5-18)34-26-15-10-21(30)16-24(25)26/h1-17H. The van der Waals surface area contributed by atoms with Crippen molar-refractivity contribution in [2.75, 3.05) is 0 Å². The monoisotopic (exact) mass is 485 g/mol. The molecule has 0 atom stereocenters. The number of nitrogens with zero attached hydrogens (tertiary/aromatic N) is 1. The first-order valence-electron chi connectivity index (χ1n) is 10.5. The Morgan fingerprint density at radius 3 is 2.21 bits per heavy atom. The molecule has 0 fully saturated rings. The first-order chi connectivity index (χ1) is 16.5. The van der Waals surface area contributed by atoms with Crippen molar-refractivity contribution in [3.8, 4) is 17.1 Å². The highest BCUT2D eigenvalue weighted by Gasteiger charge is 2.09. The zero-order valence-electron chi connectivity index (χ0n) is 17.7. The van der Waals surface area contributed by atoms with E-state index >= 15 is 0 Å². The Morgan fingerprint density at radius 1 is 0.765 bits per heavy atom. The van der Waals surface area contributed by atoms with E-state index in [-0.39, 0.29) is 0 Å². The summed E-state index contributed by atoms with van der Waals surface area (Å²) in [5.74, 6) is 0.654. The number of carbonyl (C=O) groups excluding carboxylic acids is 1. The van der Waals surface area contributed by atoms with Crippen LogP contribution in [0.2, 0.25) is 10.0 Å². The molecule has 0 spiro atoms. The highest BCUT2D eigenvalue weighted by atomic mass is 35.5. The summed E-state index contributed by atoms with van der Waals surface area (Å²) >= 11 is 12.1. The van der Waals surface area contributed by atoms with Crippen LogP contribution in [0.5, 0.6) is 5.75 Å². The van der Waals surface area contributed by atoms with Crippen LogP contribution < -0.4 is 10.1 Å². The molecule has 0 N–H and O–H groups in total. The first kappa shape index (κ1) is 22.0. The first-order valence-corrected chi connectivity index (χ1v) is 11.2. The zero-order valence-corrected chi connectivity index (χ0v) is 19.3. The number of carbonyl (C=O) groups is 1. The van der Waals surface area contributed by atoms with Crippen LogP contribution in [-0.4, -0.2) is 5.97 Å². The number of halogens is 2. The number of hydrogen-bond acceptors (Lipinski definition) is 4. The molecule has 4 aromatic carbocycles. The SMILES string of the molecule is O=C(Oc1ccc(N=c2cc(-c3ccccc3)oc3ccc(Cl)cc23)cc1)c1ccc(Cl)cc1. The van der Waals surface area contributed by atoms with Crippen molar-refractivity contribution < 1.29 is 13.9 Å². The molecule has 1 aromatic heterocycles. The van der Waals surface area contributed by atoms with Crippen LogP contribution in [0.1, 0.15) is 10.4 Å². The van der Waals surface area contributed by atoms with Gasteiger partial charge in [0.25, 0.3) is 0 Å². The van der Waals surface area contributed by atoms with Gasteiger partial charge >= 0.3 is 5.97 Å². The van der Waals surface area contributed by atoms with Gasteiger partial charge in [0.15, 0.2) is 0 Å². The fraction of sp³-hybridized carbons (Fsp3) is 0. The van der Waals surface area contributed by atoms with Gasteiger partial charge in [-0.2, -0.15) is 0 Å². The Kier molecular flexibility index (Phi) is 6.17. The molecule has 0 aliphatic carbocycles. The molecule has 6 heteroatoms. The van der Waals surface area contributed by atoms with E-state index in [2.05, 4.69) is 0 Å². The molecule has 34 heavy (non-hydrogen) atoms. The molecule has 0 saturated carbocycles. The number of benzene rings is 4. The van der Waals surface area contributed by atoms with Crippen molar-refractivity contribution in [1.29, 1.82) is 0 Å². The molecule has 4 nitrogen and oxygen atoms in total. The maximum Gasteiger partial charge on any atom is 0.343 e. The highest BCUT2D eigenvalue weighted by Crippen LogP contribution is 2.25. The summed E-state index contributed by atoms with van der Waals surface area (Å²) < 4.78 is 11.6. The molecule has 0 saturated heterocycles. The van der Waals surface area contributed by atoms with Crippen molar-refractivity contribution in [2.45, 2.75) is 0 Å². The van der Waals surface area contributed by atoms with Crippen LogP contribution in [-0.2, 0) is 0 Å². The zero-order chi connectivity index (χ0) is 23.5. The summed E-state index contributed by atoms with van der Waals surface area (Å²) in [5.41, 5.74) is 2.74. The van der Waals surface area contributed by atoms with Gasteiger partial charge in [-0.3, -0.25) is 0 Å². The van der Waals surface area contributed by atoms with Crippen LogP contribution in [0.25, 0.3) is 22.3 Å². The third-order valence-electron chi connectivity index (χ3n) is 5.14. The van der Waals surface area contributed by atoms with Gasteiger partial charge in [0.05, 0.1) is 16.6 Å². The second-order valence-corrected chi connectivity index (χ2v) is 8.38. The summed E-state index contributed by atoms with van der Waals surface area (Å²) in [6.07, 6.45) is 0. The quantitative estimate of drug-likeness (QED) is 0.192. The van der Waals surface area contributed by atoms with E-state index in [9.17, 15) is 4.79 Å². The van der Waals surface area contributed by atoms with Crippen LogP contribution >= 0.6 is 23.2 Å². The maximum atomic E-state index is 12.3. The Labute approximate surface area is 205 Å². The average Bonchev–Trinajstić information content (AvgIpc) is 2.86. The number of fused-ring (bicyclic) bond motifs is 1. The molecule has 5 aromatic rings. The van der Waals surface area contributed by atoms with Crippen LogP contribution in [0.4, 0.5) is 5.69 Å². The molecule has 5 rings (SSSR count). The third-order valence-corrected chi connectivity index (χ3v) is 5.63. The second kappa shape index (κ2) is 9.56. The molecule has 0 radical (unpaired) electrons. The largest absolute Gasteiger partial charge is 0.456 e. The number of esters is 1. The average molecular weight is 486 g/mol. The van der Waals surface area contributed by atoms with Crippen LogP contribution in [0.15, 0.2) is 113 Å². The van der Waals surface area contributed by atoms with Crippen molar-refractivity contribution in [3.63, 3.8) is 0 Å². The third kappa shape index (κ3) is 4.88. The molecule has 0 aliphatic heterocycles. The lowest BCUT2D eigenvalue weighted by Crippen LogP contribution is -2.08. The Morgan fingerprint density at radius 2 is 1.47 bits per heavy atom. The molecule has 0 aliphatic rings. The van der Waals surface area contributed by atoms with Gasteiger partial charge in [-0.05, 0) is 66.7 Å². The minimum Gasteiger partial charge on any atom is -0.456 e. The summed E-state index contributed by atoms with van der Waals surface area (Å²) in [6, 6.07) is 30.7.